The first-order chi connectivity index (χ1) is 16.8. The Balaban J connectivity index is 1.53. The molecule has 0 aliphatic rings. The molecule has 0 spiro atoms. The first kappa shape index (κ1) is 21.9. The number of carboxylic acid groups (broad SMARTS) is 2. The number of hydrogen-bond acceptors (Lipinski definition) is 7. The van der Waals surface area contributed by atoms with Gasteiger partial charge >= 0.3 is 17.6 Å². The predicted molar refractivity (Wildman–Crippen MR) is 129 cm³/mol. The molecule has 174 valence electrons. The summed E-state index contributed by atoms with van der Waals surface area (Å²) in [7, 11) is 0. The van der Waals surface area contributed by atoms with E-state index in [0.717, 1.165) is 11.4 Å². The van der Waals surface area contributed by atoms with Gasteiger partial charge in [0.15, 0.2) is 5.58 Å². The van der Waals surface area contributed by atoms with Crippen LogP contribution < -0.4 is 10.5 Å². The summed E-state index contributed by atoms with van der Waals surface area (Å²) in [5, 5.41) is 18.9. The van der Waals surface area contributed by atoms with Crippen LogP contribution in [-0.4, -0.2) is 33.7 Å². The normalized spacial score (nSPS) is 11.1. The highest BCUT2D eigenvalue weighted by Crippen LogP contribution is 2.30. The molecule has 3 aromatic carbocycles. The number of hydrogen-bond donors (Lipinski definition) is 2. The summed E-state index contributed by atoms with van der Waals surface area (Å²) in [6.07, 6.45) is 0. The molecule has 0 unspecified atom stereocenters. The molecule has 35 heavy (non-hydrogen) atoms. The summed E-state index contributed by atoms with van der Waals surface area (Å²) in [6.45, 7) is 2.55. The van der Waals surface area contributed by atoms with Gasteiger partial charge in [0, 0.05) is 29.4 Å². The lowest BCUT2D eigenvalue weighted by molar-refractivity contribution is 0.0686. The summed E-state index contributed by atoms with van der Waals surface area (Å²) in [6, 6.07) is 17.8. The number of carbonyl (C=O) groups is 2. The molecule has 0 saturated carbocycles. The van der Waals surface area contributed by atoms with Gasteiger partial charge in [0.25, 0.3) is 0 Å². The molecule has 0 fully saturated rings. The maximum Gasteiger partial charge on any atom is 0.349 e. The molecular formula is C26H18N2O7. The second-order valence-corrected chi connectivity index (χ2v) is 7.77. The second kappa shape index (κ2) is 8.45. The third kappa shape index (κ3) is 3.99. The fourth-order valence-electron chi connectivity index (χ4n) is 3.89. The van der Waals surface area contributed by atoms with E-state index in [4.69, 9.17) is 19.0 Å². The third-order valence-electron chi connectivity index (χ3n) is 5.64. The Labute approximate surface area is 197 Å². The van der Waals surface area contributed by atoms with Crippen molar-refractivity contribution >= 4 is 45.4 Å². The maximum absolute atomic E-state index is 12.8. The van der Waals surface area contributed by atoms with E-state index in [9.17, 15) is 14.4 Å². The van der Waals surface area contributed by atoms with Crippen molar-refractivity contribution in [1.29, 1.82) is 0 Å². The molecule has 0 saturated heterocycles. The topological polar surface area (TPSA) is 134 Å². The largest absolute Gasteiger partial charge is 0.478 e. The summed E-state index contributed by atoms with van der Waals surface area (Å²) < 4.78 is 11.2. The number of rotatable bonds is 6. The van der Waals surface area contributed by atoms with E-state index in [1.807, 2.05) is 17.9 Å². The Hall–Kier alpha value is -4.92. The minimum Gasteiger partial charge on any atom is -0.478 e. The van der Waals surface area contributed by atoms with Crippen LogP contribution in [0.3, 0.4) is 0 Å². The van der Waals surface area contributed by atoms with Crippen LogP contribution in [0.4, 0.5) is 11.4 Å². The number of oxazole rings is 1. The Morgan fingerprint density at radius 1 is 0.829 bits per heavy atom. The maximum atomic E-state index is 12.8. The zero-order chi connectivity index (χ0) is 24.7. The van der Waals surface area contributed by atoms with Gasteiger partial charge in [-0.1, -0.05) is 0 Å². The van der Waals surface area contributed by atoms with Gasteiger partial charge in [0.1, 0.15) is 16.7 Å². The Bertz CT molecular complexity index is 1670. The van der Waals surface area contributed by atoms with Gasteiger partial charge in [-0.3, -0.25) is 0 Å². The summed E-state index contributed by atoms with van der Waals surface area (Å²) in [5.41, 5.74) is 2.33. The number of benzene rings is 3. The monoisotopic (exact) mass is 470 g/mol. The molecule has 0 radical (unpaired) electrons. The minimum atomic E-state index is -1.09. The molecular weight excluding hydrogens is 452 g/mol. The van der Waals surface area contributed by atoms with Crippen molar-refractivity contribution in [3.05, 3.63) is 88.3 Å². The summed E-state index contributed by atoms with van der Waals surface area (Å²) in [4.78, 5) is 41.3. The molecule has 0 amide bonds. The Morgan fingerprint density at radius 2 is 1.51 bits per heavy atom. The van der Waals surface area contributed by atoms with Gasteiger partial charge in [-0.25, -0.2) is 19.4 Å². The SMILES string of the molecule is CCN(c1ccc(C(=O)O)cc1)c1ccc2cc(-c3nc4cc(C(=O)O)ccc4o3)c(=O)oc2c1. The van der Waals surface area contributed by atoms with Crippen LogP contribution in [0.2, 0.25) is 0 Å². The van der Waals surface area contributed by atoms with Gasteiger partial charge in [-0.05, 0) is 67.6 Å². The van der Waals surface area contributed by atoms with Crippen LogP contribution in [0.1, 0.15) is 27.6 Å². The molecule has 5 aromatic rings. The molecule has 0 aliphatic carbocycles. The fraction of sp³-hybridized carbons (Fsp3) is 0.0769. The van der Waals surface area contributed by atoms with E-state index in [1.165, 1.54) is 30.3 Å². The standard InChI is InChI=1S/C26H18N2O7/c1-2-28(17-7-3-14(4-8-17)24(29)30)18-9-5-15-11-19(26(33)35-22(15)13-18)23-27-20-12-16(25(31)32)6-10-21(20)34-23/h3-13H,2H2,1H3,(H,29,30)(H,31,32). The van der Waals surface area contributed by atoms with Crippen LogP contribution in [-0.2, 0) is 0 Å². The molecule has 2 heterocycles. The highest BCUT2D eigenvalue weighted by Gasteiger charge is 2.17. The van der Waals surface area contributed by atoms with Gasteiger partial charge < -0.3 is 23.9 Å². The fourth-order valence-corrected chi connectivity index (χ4v) is 3.89. The lowest BCUT2D eigenvalue weighted by Crippen LogP contribution is -2.16. The van der Waals surface area contributed by atoms with E-state index in [-0.39, 0.29) is 22.6 Å². The van der Waals surface area contributed by atoms with Crippen LogP contribution in [0.15, 0.2) is 80.4 Å². The van der Waals surface area contributed by atoms with Gasteiger partial charge in [-0.15, -0.1) is 0 Å². The first-order valence-corrected chi connectivity index (χ1v) is 10.7. The first-order valence-electron chi connectivity index (χ1n) is 10.7. The number of fused-ring (bicyclic) bond motifs is 2. The average Bonchev–Trinajstić information content (AvgIpc) is 3.27. The highest BCUT2D eigenvalue weighted by molar-refractivity contribution is 5.92. The second-order valence-electron chi connectivity index (χ2n) is 7.77. The van der Waals surface area contributed by atoms with Crippen LogP contribution in [0.5, 0.6) is 0 Å². The molecule has 9 nitrogen and oxygen atoms in total. The quantitative estimate of drug-likeness (QED) is 0.323. The van der Waals surface area contributed by atoms with E-state index in [2.05, 4.69) is 4.98 Å². The van der Waals surface area contributed by atoms with Crippen molar-refractivity contribution in [3.63, 3.8) is 0 Å². The van der Waals surface area contributed by atoms with Crippen LogP contribution in [0.25, 0.3) is 33.5 Å². The molecule has 0 atom stereocenters. The zero-order valence-electron chi connectivity index (χ0n) is 18.4. The van der Waals surface area contributed by atoms with Crippen LogP contribution >= 0.6 is 0 Å². The number of nitrogens with zero attached hydrogens (tertiary/aromatic N) is 2. The Kier molecular flexibility index (Phi) is 5.29. The van der Waals surface area contributed by atoms with Crippen molar-refractivity contribution < 1.29 is 28.6 Å². The van der Waals surface area contributed by atoms with Crippen LogP contribution in [0, 0.1) is 0 Å². The number of aromatic nitrogens is 1. The van der Waals surface area contributed by atoms with Crippen molar-refractivity contribution in [1.82, 2.24) is 4.98 Å². The van der Waals surface area contributed by atoms with Crippen molar-refractivity contribution in [2.75, 3.05) is 11.4 Å². The van der Waals surface area contributed by atoms with E-state index in [1.54, 1.807) is 30.3 Å². The molecule has 0 aliphatic heterocycles. The lowest BCUT2D eigenvalue weighted by atomic mass is 10.1. The number of aromatic carboxylic acids is 2. The van der Waals surface area contributed by atoms with Crippen molar-refractivity contribution in [2.45, 2.75) is 6.92 Å². The average molecular weight is 470 g/mol. The highest BCUT2D eigenvalue weighted by atomic mass is 16.4. The molecule has 2 N–H and O–H groups in total. The summed E-state index contributed by atoms with van der Waals surface area (Å²) in [5.74, 6) is -2.04. The molecule has 9 heteroatoms. The zero-order valence-corrected chi connectivity index (χ0v) is 18.4. The van der Waals surface area contributed by atoms with Crippen molar-refractivity contribution in [2.24, 2.45) is 0 Å². The molecule has 2 aromatic heterocycles. The van der Waals surface area contributed by atoms with Crippen molar-refractivity contribution in [3.8, 4) is 11.5 Å². The van der Waals surface area contributed by atoms with Gasteiger partial charge in [0.2, 0.25) is 5.89 Å². The van der Waals surface area contributed by atoms with Gasteiger partial charge in [-0.2, -0.15) is 0 Å². The minimum absolute atomic E-state index is 0.0379. The van der Waals surface area contributed by atoms with Gasteiger partial charge in [0.05, 0.1) is 11.1 Å². The molecule has 5 rings (SSSR count). The summed E-state index contributed by atoms with van der Waals surface area (Å²) >= 11 is 0. The Morgan fingerprint density at radius 3 is 2.20 bits per heavy atom. The smallest absolute Gasteiger partial charge is 0.349 e. The number of anilines is 2. The lowest BCUT2D eigenvalue weighted by Gasteiger charge is -2.23. The predicted octanol–water partition coefficient (Wildman–Crippen LogP) is 5.16. The van der Waals surface area contributed by atoms with E-state index < -0.39 is 17.6 Å². The number of carboxylic acids is 2. The van der Waals surface area contributed by atoms with E-state index in [0.29, 0.717) is 28.6 Å². The third-order valence-corrected chi connectivity index (χ3v) is 5.64. The van der Waals surface area contributed by atoms with E-state index >= 15 is 0 Å². The molecule has 0 bridgehead atoms.